The Hall–Kier alpha value is -1.85. The molecule has 0 aliphatic heterocycles. The number of hydrogen-bond donors (Lipinski definition) is 2. The number of nitrogens with zero attached hydrogens (tertiary/aromatic N) is 2. The number of carbonyl (C=O) groups excluding carboxylic acids is 1. The van der Waals surface area contributed by atoms with Gasteiger partial charge in [0.05, 0.1) is 17.4 Å². The summed E-state index contributed by atoms with van der Waals surface area (Å²) in [4.78, 5) is 12.0. The van der Waals surface area contributed by atoms with Gasteiger partial charge >= 0.3 is 0 Å². The van der Waals surface area contributed by atoms with Crippen molar-refractivity contribution in [2.75, 3.05) is 19.6 Å². The van der Waals surface area contributed by atoms with Gasteiger partial charge in [0.1, 0.15) is 0 Å². The molecular weight excluding hydrogens is 300 g/mol. The van der Waals surface area contributed by atoms with Crippen LogP contribution < -0.4 is 10.6 Å². The quantitative estimate of drug-likeness (QED) is 0.769. The molecule has 2 N–H and O–H groups in total. The minimum absolute atomic E-state index is 0. The van der Waals surface area contributed by atoms with Crippen molar-refractivity contribution in [1.29, 1.82) is 0 Å². The molecule has 1 amide bonds. The van der Waals surface area contributed by atoms with Gasteiger partial charge in [0.25, 0.3) is 5.91 Å². The smallest absolute Gasteiger partial charge is 0.254 e. The fraction of sp³-hybridized carbons (Fsp3) is 0.375. The predicted octanol–water partition coefficient (Wildman–Crippen LogP) is 2.33. The van der Waals surface area contributed by atoms with Crippen molar-refractivity contribution in [2.45, 2.75) is 20.3 Å². The summed E-state index contributed by atoms with van der Waals surface area (Å²) in [5.41, 5.74) is 2.69. The highest BCUT2D eigenvalue weighted by molar-refractivity contribution is 5.93. The van der Waals surface area contributed by atoms with Crippen molar-refractivity contribution in [3.05, 3.63) is 47.8 Å². The number of halogens is 1. The molecule has 1 aromatic heterocycles. The number of aromatic nitrogens is 2. The predicted molar refractivity (Wildman–Crippen MR) is 91.0 cm³/mol. The van der Waals surface area contributed by atoms with E-state index < -0.39 is 0 Å². The Morgan fingerprint density at radius 2 is 2.00 bits per heavy atom. The lowest BCUT2D eigenvalue weighted by atomic mass is 10.2. The van der Waals surface area contributed by atoms with Gasteiger partial charge < -0.3 is 10.6 Å². The Labute approximate surface area is 137 Å². The zero-order chi connectivity index (χ0) is 15.1. The summed E-state index contributed by atoms with van der Waals surface area (Å²) < 4.78 is 1.74. The van der Waals surface area contributed by atoms with Gasteiger partial charge in [0.15, 0.2) is 0 Å². The van der Waals surface area contributed by atoms with Crippen LogP contribution in [0.2, 0.25) is 0 Å². The standard InChI is InChI=1S/C16H22N4O.ClH/c1-3-8-17-9-10-18-16(21)14-11-19-20(12-14)15-7-5-4-6-13(15)2;/h4-7,11-12,17H,3,8-10H2,1-2H3,(H,18,21);1H. The van der Waals surface area contributed by atoms with E-state index in [0.29, 0.717) is 12.1 Å². The first-order valence-corrected chi connectivity index (χ1v) is 7.32. The Morgan fingerprint density at radius 3 is 2.73 bits per heavy atom. The van der Waals surface area contributed by atoms with Gasteiger partial charge in [-0.3, -0.25) is 4.79 Å². The highest BCUT2D eigenvalue weighted by Gasteiger charge is 2.09. The van der Waals surface area contributed by atoms with Gasteiger partial charge in [0, 0.05) is 19.3 Å². The average Bonchev–Trinajstić information content (AvgIpc) is 2.97. The Kier molecular flexibility index (Phi) is 7.63. The summed E-state index contributed by atoms with van der Waals surface area (Å²) in [6.07, 6.45) is 4.45. The van der Waals surface area contributed by atoms with E-state index in [9.17, 15) is 4.79 Å². The van der Waals surface area contributed by atoms with Crippen molar-refractivity contribution in [3.63, 3.8) is 0 Å². The van der Waals surface area contributed by atoms with Gasteiger partial charge in [-0.2, -0.15) is 5.10 Å². The van der Waals surface area contributed by atoms with E-state index in [1.54, 1.807) is 17.1 Å². The molecular formula is C16H23ClN4O. The molecule has 6 heteroatoms. The maximum Gasteiger partial charge on any atom is 0.254 e. The zero-order valence-electron chi connectivity index (χ0n) is 13.0. The van der Waals surface area contributed by atoms with Crippen molar-refractivity contribution in [1.82, 2.24) is 20.4 Å². The molecule has 1 aromatic carbocycles. The minimum atomic E-state index is -0.0897. The van der Waals surface area contributed by atoms with Crippen LogP contribution in [0.4, 0.5) is 0 Å². The monoisotopic (exact) mass is 322 g/mol. The summed E-state index contributed by atoms with van der Waals surface area (Å²) in [6.45, 7) is 6.52. The summed E-state index contributed by atoms with van der Waals surface area (Å²) >= 11 is 0. The summed E-state index contributed by atoms with van der Waals surface area (Å²) in [5, 5.41) is 10.4. The second-order valence-corrected chi connectivity index (χ2v) is 4.97. The van der Waals surface area contributed by atoms with Crippen LogP contribution in [-0.4, -0.2) is 35.3 Å². The number of nitrogens with one attached hydrogen (secondary N) is 2. The first kappa shape index (κ1) is 18.2. The normalized spacial score (nSPS) is 10.1. The van der Waals surface area contributed by atoms with Crippen molar-refractivity contribution >= 4 is 18.3 Å². The molecule has 0 spiro atoms. The molecule has 0 unspecified atom stereocenters. The molecule has 0 saturated carbocycles. The first-order chi connectivity index (χ1) is 10.2. The fourth-order valence-corrected chi connectivity index (χ4v) is 2.06. The Bertz CT molecular complexity index is 597. The van der Waals surface area contributed by atoms with E-state index in [-0.39, 0.29) is 18.3 Å². The van der Waals surface area contributed by atoms with Crippen molar-refractivity contribution in [2.24, 2.45) is 0 Å². The second-order valence-electron chi connectivity index (χ2n) is 4.97. The number of hydrogen-bond acceptors (Lipinski definition) is 3. The van der Waals surface area contributed by atoms with Crippen LogP contribution >= 0.6 is 12.4 Å². The number of rotatable bonds is 7. The van der Waals surface area contributed by atoms with Crippen LogP contribution in [0.15, 0.2) is 36.7 Å². The molecule has 2 rings (SSSR count). The van der Waals surface area contributed by atoms with Crippen molar-refractivity contribution < 1.29 is 4.79 Å². The van der Waals surface area contributed by atoms with E-state index >= 15 is 0 Å². The highest BCUT2D eigenvalue weighted by Crippen LogP contribution is 2.12. The maximum atomic E-state index is 12.0. The van der Waals surface area contributed by atoms with E-state index in [4.69, 9.17) is 0 Å². The number of para-hydroxylation sites is 1. The minimum Gasteiger partial charge on any atom is -0.351 e. The largest absolute Gasteiger partial charge is 0.351 e. The van der Waals surface area contributed by atoms with Gasteiger partial charge in [-0.1, -0.05) is 25.1 Å². The zero-order valence-corrected chi connectivity index (χ0v) is 13.8. The summed E-state index contributed by atoms with van der Waals surface area (Å²) in [5.74, 6) is -0.0897. The SMILES string of the molecule is CCCNCCNC(=O)c1cnn(-c2ccccc2C)c1.Cl. The van der Waals surface area contributed by atoms with Gasteiger partial charge in [-0.05, 0) is 31.5 Å². The Morgan fingerprint density at radius 1 is 1.23 bits per heavy atom. The lowest BCUT2D eigenvalue weighted by molar-refractivity contribution is 0.0954. The molecule has 0 aliphatic carbocycles. The number of benzene rings is 1. The molecule has 0 saturated heterocycles. The van der Waals surface area contributed by atoms with Crippen LogP contribution in [0.25, 0.3) is 5.69 Å². The molecule has 1 heterocycles. The molecule has 22 heavy (non-hydrogen) atoms. The molecule has 0 radical (unpaired) electrons. The number of aryl methyl sites for hydroxylation is 1. The third-order valence-corrected chi connectivity index (χ3v) is 3.22. The third kappa shape index (κ3) is 4.86. The molecule has 2 aromatic rings. The van der Waals surface area contributed by atoms with Crippen LogP contribution in [-0.2, 0) is 0 Å². The molecule has 0 fully saturated rings. The molecule has 120 valence electrons. The maximum absolute atomic E-state index is 12.0. The highest BCUT2D eigenvalue weighted by atomic mass is 35.5. The van der Waals surface area contributed by atoms with Crippen LogP contribution in [0.3, 0.4) is 0 Å². The van der Waals surface area contributed by atoms with Crippen LogP contribution in [0.5, 0.6) is 0 Å². The van der Waals surface area contributed by atoms with Crippen molar-refractivity contribution in [3.8, 4) is 5.69 Å². The van der Waals surface area contributed by atoms with E-state index in [1.807, 2.05) is 31.2 Å². The topological polar surface area (TPSA) is 58.9 Å². The number of carbonyl (C=O) groups is 1. The first-order valence-electron chi connectivity index (χ1n) is 7.32. The second kappa shape index (κ2) is 9.23. The van der Waals surface area contributed by atoms with Gasteiger partial charge in [-0.25, -0.2) is 4.68 Å². The van der Waals surface area contributed by atoms with Gasteiger partial charge in [0.2, 0.25) is 0 Å². The molecule has 0 bridgehead atoms. The van der Waals surface area contributed by atoms with E-state index in [0.717, 1.165) is 30.8 Å². The Balaban J connectivity index is 0.00000242. The van der Waals surface area contributed by atoms with Crippen LogP contribution in [0.1, 0.15) is 29.3 Å². The average molecular weight is 323 g/mol. The third-order valence-electron chi connectivity index (χ3n) is 3.22. The van der Waals surface area contributed by atoms with Gasteiger partial charge in [-0.15, -0.1) is 12.4 Å². The number of amides is 1. The van der Waals surface area contributed by atoms with E-state index in [2.05, 4.69) is 22.7 Å². The summed E-state index contributed by atoms with van der Waals surface area (Å²) in [7, 11) is 0. The van der Waals surface area contributed by atoms with E-state index in [1.165, 1.54) is 0 Å². The fourth-order valence-electron chi connectivity index (χ4n) is 2.06. The molecule has 0 aliphatic rings. The molecule has 5 nitrogen and oxygen atoms in total. The molecule has 0 atom stereocenters. The van der Waals surface area contributed by atoms with Crippen LogP contribution in [0, 0.1) is 6.92 Å². The lowest BCUT2D eigenvalue weighted by Crippen LogP contribution is -2.31. The lowest BCUT2D eigenvalue weighted by Gasteiger charge is -2.05. The summed E-state index contributed by atoms with van der Waals surface area (Å²) in [6, 6.07) is 7.96.